The molecule has 2 aromatic rings. The number of aromatic nitrogens is 1. The van der Waals surface area contributed by atoms with Gasteiger partial charge in [-0.2, -0.15) is 0 Å². The van der Waals surface area contributed by atoms with Gasteiger partial charge in [0, 0.05) is 0 Å². The van der Waals surface area contributed by atoms with Gasteiger partial charge in [0.1, 0.15) is 5.75 Å². The molecule has 0 aliphatic carbocycles. The standard InChI is InChI=1S/C12H15N3O2S/c1-3-17-8-4-5-9-10(6-8)18-12(14-9)15-11(16)7(2)13/h4-7H,3,13H2,1-2H3,(H,14,15,16). The Labute approximate surface area is 109 Å². The van der Waals surface area contributed by atoms with E-state index in [-0.39, 0.29) is 5.91 Å². The van der Waals surface area contributed by atoms with Crippen LogP contribution in [0.3, 0.4) is 0 Å². The number of thiazole rings is 1. The second kappa shape index (κ2) is 5.32. The Bertz CT molecular complexity index is 565. The van der Waals surface area contributed by atoms with E-state index in [1.165, 1.54) is 11.3 Å². The highest BCUT2D eigenvalue weighted by atomic mass is 32.1. The maximum absolute atomic E-state index is 11.5. The molecule has 2 rings (SSSR count). The Morgan fingerprint density at radius 1 is 1.61 bits per heavy atom. The van der Waals surface area contributed by atoms with Crippen LogP contribution in [0.1, 0.15) is 13.8 Å². The second-order valence-corrected chi connectivity index (χ2v) is 4.89. The van der Waals surface area contributed by atoms with E-state index in [1.807, 2.05) is 25.1 Å². The molecular weight excluding hydrogens is 250 g/mol. The summed E-state index contributed by atoms with van der Waals surface area (Å²) in [5.74, 6) is 0.567. The lowest BCUT2D eigenvalue weighted by molar-refractivity contribution is -0.117. The lowest BCUT2D eigenvalue weighted by atomic mass is 10.3. The lowest BCUT2D eigenvalue weighted by Gasteiger charge is -2.02. The molecule has 0 bridgehead atoms. The number of hydrogen-bond acceptors (Lipinski definition) is 5. The Kier molecular flexibility index (Phi) is 3.78. The van der Waals surface area contributed by atoms with Gasteiger partial charge in [-0.15, -0.1) is 0 Å². The molecule has 96 valence electrons. The van der Waals surface area contributed by atoms with Crippen molar-refractivity contribution in [1.82, 2.24) is 4.98 Å². The van der Waals surface area contributed by atoms with Crippen molar-refractivity contribution in [3.63, 3.8) is 0 Å². The zero-order valence-corrected chi connectivity index (χ0v) is 11.1. The van der Waals surface area contributed by atoms with Crippen LogP contribution in [0.5, 0.6) is 5.75 Å². The average molecular weight is 265 g/mol. The fraction of sp³-hybridized carbons (Fsp3) is 0.333. The SMILES string of the molecule is CCOc1ccc2nc(NC(=O)C(C)N)sc2c1. The van der Waals surface area contributed by atoms with Crippen LogP contribution in [0.2, 0.25) is 0 Å². The number of carbonyl (C=O) groups is 1. The minimum Gasteiger partial charge on any atom is -0.494 e. The van der Waals surface area contributed by atoms with E-state index in [2.05, 4.69) is 10.3 Å². The minimum absolute atomic E-state index is 0.237. The van der Waals surface area contributed by atoms with Crippen molar-refractivity contribution in [2.75, 3.05) is 11.9 Å². The van der Waals surface area contributed by atoms with Crippen molar-refractivity contribution in [3.05, 3.63) is 18.2 Å². The number of ether oxygens (including phenoxy) is 1. The molecule has 1 unspecified atom stereocenters. The molecule has 3 N–H and O–H groups in total. The van der Waals surface area contributed by atoms with Crippen LogP contribution in [0, 0.1) is 0 Å². The summed E-state index contributed by atoms with van der Waals surface area (Å²) in [5.41, 5.74) is 6.32. The molecule has 1 aromatic carbocycles. The molecule has 0 radical (unpaired) electrons. The Morgan fingerprint density at radius 3 is 3.06 bits per heavy atom. The summed E-state index contributed by atoms with van der Waals surface area (Å²) < 4.78 is 6.39. The zero-order valence-electron chi connectivity index (χ0n) is 10.3. The molecule has 18 heavy (non-hydrogen) atoms. The van der Waals surface area contributed by atoms with E-state index >= 15 is 0 Å². The predicted octanol–water partition coefficient (Wildman–Crippen LogP) is 1.98. The molecule has 6 heteroatoms. The lowest BCUT2D eigenvalue weighted by Crippen LogP contribution is -2.32. The quantitative estimate of drug-likeness (QED) is 0.886. The minimum atomic E-state index is -0.545. The monoisotopic (exact) mass is 265 g/mol. The highest BCUT2D eigenvalue weighted by molar-refractivity contribution is 7.22. The molecule has 0 aliphatic heterocycles. The van der Waals surface area contributed by atoms with Gasteiger partial charge in [0.15, 0.2) is 5.13 Å². The van der Waals surface area contributed by atoms with Gasteiger partial charge >= 0.3 is 0 Å². The number of fused-ring (bicyclic) bond motifs is 1. The third-order valence-corrected chi connectivity index (χ3v) is 3.25. The Hall–Kier alpha value is -1.66. The summed E-state index contributed by atoms with van der Waals surface area (Å²) in [6.45, 7) is 4.19. The number of nitrogens with zero attached hydrogens (tertiary/aromatic N) is 1. The first-order valence-corrected chi connectivity index (χ1v) is 6.51. The highest BCUT2D eigenvalue weighted by Gasteiger charge is 2.11. The molecule has 5 nitrogen and oxygen atoms in total. The van der Waals surface area contributed by atoms with Crippen LogP contribution < -0.4 is 15.8 Å². The summed E-state index contributed by atoms with van der Waals surface area (Å²) in [6, 6.07) is 5.11. The summed E-state index contributed by atoms with van der Waals surface area (Å²) in [7, 11) is 0. The molecule has 1 amide bonds. The van der Waals surface area contributed by atoms with Gasteiger partial charge in [-0.3, -0.25) is 4.79 Å². The maximum Gasteiger partial charge on any atom is 0.242 e. The average Bonchev–Trinajstić information content (AvgIpc) is 2.70. The largest absolute Gasteiger partial charge is 0.494 e. The van der Waals surface area contributed by atoms with Crippen LogP contribution in [-0.2, 0) is 4.79 Å². The van der Waals surface area contributed by atoms with Crippen molar-refractivity contribution >= 4 is 32.6 Å². The summed E-state index contributed by atoms with van der Waals surface area (Å²) in [5, 5.41) is 3.24. The number of nitrogens with one attached hydrogen (secondary N) is 1. The van der Waals surface area contributed by atoms with Crippen molar-refractivity contribution < 1.29 is 9.53 Å². The van der Waals surface area contributed by atoms with Crippen LogP contribution in [0.15, 0.2) is 18.2 Å². The Balaban J connectivity index is 2.24. The molecular formula is C12H15N3O2S. The first-order valence-electron chi connectivity index (χ1n) is 5.70. The number of rotatable bonds is 4. The fourth-order valence-electron chi connectivity index (χ4n) is 1.43. The van der Waals surface area contributed by atoms with Gasteiger partial charge in [0.25, 0.3) is 0 Å². The van der Waals surface area contributed by atoms with E-state index < -0.39 is 6.04 Å². The number of carbonyl (C=O) groups excluding carboxylic acids is 1. The molecule has 0 aliphatic rings. The van der Waals surface area contributed by atoms with Gasteiger partial charge < -0.3 is 15.8 Å². The van der Waals surface area contributed by atoms with E-state index in [0.29, 0.717) is 11.7 Å². The molecule has 0 saturated heterocycles. The van der Waals surface area contributed by atoms with Gasteiger partial charge in [-0.1, -0.05) is 11.3 Å². The van der Waals surface area contributed by atoms with Gasteiger partial charge in [0.2, 0.25) is 5.91 Å². The van der Waals surface area contributed by atoms with Crippen LogP contribution in [0.4, 0.5) is 5.13 Å². The van der Waals surface area contributed by atoms with E-state index in [1.54, 1.807) is 6.92 Å². The summed E-state index contributed by atoms with van der Waals surface area (Å²) in [4.78, 5) is 15.8. The molecule has 0 fully saturated rings. The number of hydrogen-bond donors (Lipinski definition) is 2. The topological polar surface area (TPSA) is 77.2 Å². The predicted molar refractivity (Wildman–Crippen MR) is 73.1 cm³/mol. The van der Waals surface area contributed by atoms with Crippen LogP contribution >= 0.6 is 11.3 Å². The molecule has 1 aromatic heterocycles. The second-order valence-electron chi connectivity index (χ2n) is 3.86. The molecule has 0 spiro atoms. The van der Waals surface area contributed by atoms with Crippen molar-refractivity contribution in [2.24, 2.45) is 5.73 Å². The van der Waals surface area contributed by atoms with Gasteiger partial charge in [-0.05, 0) is 32.0 Å². The summed E-state index contributed by atoms with van der Waals surface area (Å²) >= 11 is 1.40. The third-order valence-electron chi connectivity index (χ3n) is 2.31. The van der Waals surface area contributed by atoms with Crippen molar-refractivity contribution in [1.29, 1.82) is 0 Å². The smallest absolute Gasteiger partial charge is 0.242 e. The van der Waals surface area contributed by atoms with E-state index in [4.69, 9.17) is 10.5 Å². The first-order chi connectivity index (χ1) is 8.60. The van der Waals surface area contributed by atoms with E-state index in [0.717, 1.165) is 16.0 Å². The number of amides is 1. The molecule has 1 atom stereocenters. The highest BCUT2D eigenvalue weighted by Crippen LogP contribution is 2.29. The molecule has 1 heterocycles. The van der Waals surface area contributed by atoms with E-state index in [9.17, 15) is 4.79 Å². The third kappa shape index (κ3) is 2.77. The Morgan fingerprint density at radius 2 is 2.39 bits per heavy atom. The summed E-state index contributed by atoms with van der Waals surface area (Å²) in [6.07, 6.45) is 0. The van der Waals surface area contributed by atoms with Crippen molar-refractivity contribution in [3.8, 4) is 5.75 Å². The number of benzene rings is 1. The van der Waals surface area contributed by atoms with Crippen molar-refractivity contribution in [2.45, 2.75) is 19.9 Å². The normalized spacial score (nSPS) is 12.4. The van der Waals surface area contributed by atoms with Crippen LogP contribution in [0.25, 0.3) is 10.2 Å². The van der Waals surface area contributed by atoms with Gasteiger partial charge in [0.05, 0.1) is 22.9 Å². The van der Waals surface area contributed by atoms with Gasteiger partial charge in [-0.25, -0.2) is 4.98 Å². The first kappa shape index (κ1) is 12.8. The fourth-order valence-corrected chi connectivity index (χ4v) is 2.33. The number of nitrogens with two attached hydrogens (primary N) is 1. The molecule has 0 saturated carbocycles. The zero-order chi connectivity index (χ0) is 13.1. The van der Waals surface area contributed by atoms with Crippen LogP contribution in [-0.4, -0.2) is 23.5 Å². The number of anilines is 1. The maximum atomic E-state index is 11.5.